The van der Waals surface area contributed by atoms with E-state index in [2.05, 4.69) is 15.0 Å². The average Bonchev–Trinajstić information content (AvgIpc) is 3.60. The summed E-state index contributed by atoms with van der Waals surface area (Å²) in [6, 6.07) is 8.29. The van der Waals surface area contributed by atoms with Gasteiger partial charge in [0.15, 0.2) is 0 Å². The van der Waals surface area contributed by atoms with Crippen LogP contribution in [-0.2, 0) is 0 Å². The number of pyridine rings is 1. The molecule has 8 heteroatoms. The summed E-state index contributed by atoms with van der Waals surface area (Å²) in [5, 5.41) is 5.69. The Hall–Kier alpha value is -3.68. The van der Waals surface area contributed by atoms with Gasteiger partial charge in [0.05, 0.1) is 11.2 Å². The van der Waals surface area contributed by atoms with Crippen molar-refractivity contribution >= 4 is 16.8 Å². The first-order valence-corrected chi connectivity index (χ1v) is 10.9. The maximum Gasteiger partial charge on any atom is 0.272 e. The van der Waals surface area contributed by atoms with Gasteiger partial charge in [-0.2, -0.15) is 9.78 Å². The lowest BCUT2D eigenvalue weighted by Crippen LogP contribution is -2.31. The van der Waals surface area contributed by atoms with Gasteiger partial charge in [0.25, 0.3) is 11.9 Å². The van der Waals surface area contributed by atoms with E-state index in [4.69, 9.17) is 5.10 Å². The number of aromatic nitrogens is 5. The molecule has 1 aromatic carbocycles. The van der Waals surface area contributed by atoms with E-state index in [1.165, 1.54) is 6.07 Å². The second-order valence-electron chi connectivity index (χ2n) is 7.89. The van der Waals surface area contributed by atoms with Gasteiger partial charge in [-0.15, -0.1) is 0 Å². The maximum atomic E-state index is 14.1. The Bertz CT molecular complexity index is 1290. The summed E-state index contributed by atoms with van der Waals surface area (Å²) >= 11 is 0. The summed E-state index contributed by atoms with van der Waals surface area (Å²) in [5.41, 5.74) is 3.10. The zero-order chi connectivity index (χ0) is 22.2. The number of carbonyl (C=O) groups excluding carboxylic acids is 1. The number of fused-ring (bicyclic) bond motifs is 1. The summed E-state index contributed by atoms with van der Waals surface area (Å²) in [7, 11) is 0. The van der Waals surface area contributed by atoms with Crippen LogP contribution in [0.5, 0.6) is 0 Å². The fourth-order valence-electron chi connectivity index (χ4n) is 3.90. The number of benzene rings is 1. The topological polar surface area (TPSA) is 76.8 Å². The molecule has 0 saturated heterocycles. The molecule has 162 valence electrons. The number of rotatable bonds is 6. The first kappa shape index (κ1) is 20.2. The molecule has 1 aliphatic rings. The first-order chi connectivity index (χ1) is 15.6. The van der Waals surface area contributed by atoms with Gasteiger partial charge in [-0.25, -0.2) is 14.4 Å². The molecular formula is C24H23FN6O. The second-order valence-corrected chi connectivity index (χ2v) is 7.89. The number of hydrogen-bond donors (Lipinski definition) is 0. The average molecular weight is 430 g/mol. The highest BCUT2D eigenvalue weighted by atomic mass is 19.1. The quantitative estimate of drug-likeness (QED) is 0.454. The summed E-state index contributed by atoms with van der Waals surface area (Å²) in [6.07, 6.45) is 7.08. The van der Waals surface area contributed by atoms with Crippen molar-refractivity contribution in [2.75, 3.05) is 13.1 Å². The minimum atomic E-state index is -0.324. The summed E-state index contributed by atoms with van der Waals surface area (Å²) in [6.45, 7) is 5.12. The molecule has 1 fully saturated rings. The number of hydrogen-bond acceptors (Lipinski definition) is 5. The fraction of sp³-hybridized carbons (Fsp3) is 0.292. The number of nitrogens with zero attached hydrogens (tertiary/aromatic N) is 6. The van der Waals surface area contributed by atoms with Crippen molar-refractivity contribution in [2.24, 2.45) is 0 Å². The van der Waals surface area contributed by atoms with Gasteiger partial charge in [-0.05, 0) is 38.8 Å². The third-order valence-corrected chi connectivity index (χ3v) is 5.84. The van der Waals surface area contributed by atoms with E-state index in [1.807, 2.05) is 13.8 Å². The fourth-order valence-corrected chi connectivity index (χ4v) is 3.90. The van der Waals surface area contributed by atoms with Crippen molar-refractivity contribution in [1.29, 1.82) is 0 Å². The predicted molar refractivity (Wildman–Crippen MR) is 119 cm³/mol. The molecule has 0 unspecified atom stereocenters. The number of carbonyl (C=O) groups is 1. The Labute approximate surface area is 184 Å². The molecule has 0 atom stereocenters. The smallest absolute Gasteiger partial charge is 0.272 e. The van der Waals surface area contributed by atoms with Crippen LogP contribution in [0.4, 0.5) is 4.39 Å². The van der Waals surface area contributed by atoms with Crippen LogP contribution in [0.3, 0.4) is 0 Å². The predicted octanol–water partition coefficient (Wildman–Crippen LogP) is 4.38. The van der Waals surface area contributed by atoms with Crippen molar-refractivity contribution in [3.8, 4) is 17.1 Å². The Morgan fingerprint density at radius 2 is 1.81 bits per heavy atom. The van der Waals surface area contributed by atoms with E-state index in [9.17, 15) is 9.18 Å². The minimum Gasteiger partial charge on any atom is -0.338 e. The highest BCUT2D eigenvalue weighted by molar-refractivity contribution is 5.96. The zero-order valence-electron chi connectivity index (χ0n) is 18.0. The monoisotopic (exact) mass is 430 g/mol. The van der Waals surface area contributed by atoms with Crippen molar-refractivity contribution in [3.63, 3.8) is 0 Å². The standard InChI is InChI=1S/C24H23FN6O/c1-3-30(4-2)23(32)20-11-21-18(14-26-20)22(15-9-10-15)29-31(21)24-27-12-16(13-28-24)17-7-5-6-8-19(17)25/h5-8,11-15H,3-4,9-10H2,1-2H3. The van der Waals surface area contributed by atoms with Crippen molar-refractivity contribution in [3.05, 3.63) is 66.1 Å². The highest BCUT2D eigenvalue weighted by Crippen LogP contribution is 2.42. The molecule has 0 N–H and O–H groups in total. The zero-order valence-corrected chi connectivity index (χ0v) is 18.0. The SMILES string of the molecule is CCN(CC)C(=O)c1cc2c(cn1)c(C1CC1)nn2-c1ncc(-c2ccccc2F)cn1. The molecule has 1 aliphatic carbocycles. The Kier molecular flexibility index (Phi) is 5.13. The first-order valence-electron chi connectivity index (χ1n) is 10.9. The van der Waals surface area contributed by atoms with Gasteiger partial charge in [0, 0.05) is 54.1 Å². The molecule has 3 aromatic heterocycles. The molecule has 0 radical (unpaired) electrons. The lowest BCUT2D eigenvalue weighted by Gasteiger charge is -2.17. The molecule has 0 bridgehead atoms. The molecule has 1 amide bonds. The Morgan fingerprint density at radius 1 is 1.09 bits per heavy atom. The highest BCUT2D eigenvalue weighted by Gasteiger charge is 2.30. The van der Waals surface area contributed by atoms with E-state index in [0.29, 0.717) is 41.8 Å². The van der Waals surface area contributed by atoms with Gasteiger partial charge >= 0.3 is 0 Å². The van der Waals surface area contributed by atoms with Gasteiger partial charge in [0.1, 0.15) is 11.5 Å². The second kappa shape index (κ2) is 8.11. The Morgan fingerprint density at radius 3 is 2.47 bits per heavy atom. The van der Waals surface area contributed by atoms with E-state index in [1.54, 1.807) is 52.4 Å². The van der Waals surface area contributed by atoms with Crippen LogP contribution < -0.4 is 0 Å². The molecule has 0 spiro atoms. The van der Waals surface area contributed by atoms with E-state index in [-0.39, 0.29) is 11.7 Å². The third kappa shape index (κ3) is 3.51. The van der Waals surface area contributed by atoms with E-state index in [0.717, 1.165) is 29.4 Å². The lowest BCUT2D eigenvalue weighted by molar-refractivity contribution is 0.0767. The van der Waals surface area contributed by atoms with Gasteiger partial charge in [0.2, 0.25) is 0 Å². The van der Waals surface area contributed by atoms with Crippen LogP contribution in [0.2, 0.25) is 0 Å². The van der Waals surface area contributed by atoms with Gasteiger partial charge in [-0.1, -0.05) is 18.2 Å². The molecule has 32 heavy (non-hydrogen) atoms. The molecule has 0 aliphatic heterocycles. The molecule has 3 heterocycles. The maximum absolute atomic E-state index is 14.1. The normalized spacial score (nSPS) is 13.5. The van der Waals surface area contributed by atoms with Crippen molar-refractivity contribution < 1.29 is 9.18 Å². The largest absolute Gasteiger partial charge is 0.338 e. The number of halogens is 1. The Balaban J connectivity index is 1.59. The minimum absolute atomic E-state index is 0.117. The van der Waals surface area contributed by atoms with Crippen molar-refractivity contribution in [1.82, 2.24) is 29.6 Å². The summed E-state index contributed by atoms with van der Waals surface area (Å²) in [5.74, 6) is 0.320. The van der Waals surface area contributed by atoms with E-state index >= 15 is 0 Å². The molecule has 4 aromatic rings. The van der Waals surface area contributed by atoms with Crippen LogP contribution in [0.25, 0.3) is 28.0 Å². The molecule has 1 saturated carbocycles. The summed E-state index contributed by atoms with van der Waals surface area (Å²) in [4.78, 5) is 27.9. The van der Waals surface area contributed by atoms with Crippen LogP contribution in [0, 0.1) is 5.82 Å². The molecule has 5 rings (SSSR count). The van der Waals surface area contributed by atoms with Gasteiger partial charge < -0.3 is 4.90 Å². The molecular weight excluding hydrogens is 407 g/mol. The van der Waals surface area contributed by atoms with Crippen LogP contribution >= 0.6 is 0 Å². The third-order valence-electron chi connectivity index (χ3n) is 5.84. The lowest BCUT2D eigenvalue weighted by atomic mass is 10.1. The van der Waals surface area contributed by atoms with Crippen LogP contribution in [0.15, 0.2) is 48.9 Å². The summed E-state index contributed by atoms with van der Waals surface area (Å²) < 4.78 is 15.8. The number of amides is 1. The van der Waals surface area contributed by atoms with Gasteiger partial charge in [-0.3, -0.25) is 9.78 Å². The van der Waals surface area contributed by atoms with E-state index < -0.39 is 0 Å². The molecule has 7 nitrogen and oxygen atoms in total. The van der Waals surface area contributed by atoms with Crippen LogP contribution in [-0.4, -0.2) is 48.6 Å². The van der Waals surface area contributed by atoms with Crippen LogP contribution in [0.1, 0.15) is 48.8 Å². The van der Waals surface area contributed by atoms with Crippen molar-refractivity contribution in [2.45, 2.75) is 32.6 Å².